The number of carbonyl (C=O) groups is 1. The SMILES string of the molecule is C[C@@H](Nc1nc(-c2ccc(CNC(=O)C(C)(C)C)s2)cs1)c1ccccc1. The number of thiophene rings is 1. The summed E-state index contributed by atoms with van der Waals surface area (Å²) in [5, 5.41) is 9.45. The van der Waals surface area contributed by atoms with E-state index < -0.39 is 0 Å². The minimum Gasteiger partial charge on any atom is -0.355 e. The second-order valence-corrected chi connectivity index (χ2v) is 9.54. The molecule has 2 heterocycles. The molecule has 0 fully saturated rings. The highest BCUT2D eigenvalue weighted by molar-refractivity contribution is 7.17. The van der Waals surface area contributed by atoms with Crippen LogP contribution >= 0.6 is 22.7 Å². The molecule has 0 aliphatic rings. The number of hydrogen-bond donors (Lipinski definition) is 2. The lowest BCUT2D eigenvalue weighted by atomic mass is 9.96. The topological polar surface area (TPSA) is 54.0 Å². The van der Waals surface area contributed by atoms with E-state index >= 15 is 0 Å². The number of benzene rings is 1. The van der Waals surface area contributed by atoms with Crippen LogP contribution in [0, 0.1) is 5.41 Å². The summed E-state index contributed by atoms with van der Waals surface area (Å²) in [7, 11) is 0. The zero-order valence-corrected chi connectivity index (χ0v) is 17.7. The van der Waals surface area contributed by atoms with Gasteiger partial charge < -0.3 is 10.6 Å². The van der Waals surface area contributed by atoms with Crippen molar-refractivity contribution in [2.75, 3.05) is 5.32 Å². The largest absolute Gasteiger partial charge is 0.355 e. The van der Waals surface area contributed by atoms with Crippen LogP contribution in [0.4, 0.5) is 5.13 Å². The first-order valence-corrected chi connectivity index (χ1v) is 10.7. The first kappa shape index (κ1) is 19.6. The van der Waals surface area contributed by atoms with Crippen LogP contribution in [0.15, 0.2) is 47.8 Å². The zero-order chi connectivity index (χ0) is 19.4. The third kappa shape index (κ3) is 5.17. The van der Waals surface area contributed by atoms with E-state index in [2.05, 4.69) is 47.2 Å². The third-order valence-corrected chi connectivity index (χ3v) is 6.04. The van der Waals surface area contributed by atoms with Gasteiger partial charge in [0.25, 0.3) is 0 Å². The van der Waals surface area contributed by atoms with E-state index in [-0.39, 0.29) is 17.4 Å². The van der Waals surface area contributed by atoms with Crippen molar-refractivity contribution in [1.29, 1.82) is 0 Å². The first-order chi connectivity index (χ1) is 12.8. The Morgan fingerprint density at radius 2 is 1.89 bits per heavy atom. The summed E-state index contributed by atoms with van der Waals surface area (Å²) in [4.78, 5) is 19.0. The molecule has 27 heavy (non-hydrogen) atoms. The lowest BCUT2D eigenvalue weighted by Crippen LogP contribution is -2.34. The van der Waals surface area contributed by atoms with Crippen molar-refractivity contribution in [2.24, 2.45) is 5.41 Å². The van der Waals surface area contributed by atoms with Crippen molar-refractivity contribution in [2.45, 2.75) is 40.3 Å². The number of amides is 1. The first-order valence-electron chi connectivity index (χ1n) is 8.97. The molecule has 1 amide bonds. The van der Waals surface area contributed by atoms with Gasteiger partial charge >= 0.3 is 0 Å². The summed E-state index contributed by atoms with van der Waals surface area (Å²) in [5.41, 5.74) is 1.84. The molecule has 4 nitrogen and oxygen atoms in total. The lowest BCUT2D eigenvalue weighted by Gasteiger charge is -2.17. The molecule has 2 N–H and O–H groups in total. The number of thiazole rings is 1. The van der Waals surface area contributed by atoms with Crippen molar-refractivity contribution in [3.05, 3.63) is 58.3 Å². The number of carbonyl (C=O) groups excluding carboxylic acids is 1. The minimum atomic E-state index is -0.370. The fourth-order valence-electron chi connectivity index (χ4n) is 2.51. The highest BCUT2D eigenvalue weighted by Gasteiger charge is 2.20. The molecule has 2 aromatic heterocycles. The fourth-order valence-corrected chi connectivity index (χ4v) is 4.29. The van der Waals surface area contributed by atoms with Gasteiger partial charge in [-0.3, -0.25) is 4.79 Å². The molecule has 0 aliphatic carbocycles. The fraction of sp³-hybridized carbons (Fsp3) is 0.333. The van der Waals surface area contributed by atoms with Crippen molar-refractivity contribution in [3.8, 4) is 10.6 Å². The Labute approximate surface area is 168 Å². The van der Waals surface area contributed by atoms with Crippen LogP contribution in [0.3, 0.4) is 0 Å². The molecule has 0 unspecified atom stereocenters. The second-order valence-electron chi connectivity index (χ2n) is 7.51. The van der Waals surface area contributed by atoms with Crippen molar-refractivity contribution < 1.29 is 4.79 Å². The summed E-state index contributed by atoms with van der Waals surface area (Å²) in [6, 6.07) is 14.7. The van der Waals surface area contributed by atoms with Crippen LogP contribution in [-0.2, 0) is 11.3 Å². The maximum atomic E-state index is 12.0. The average Bonchev–Trinajstić information content (AvgIpc) is 3.28. The number of anilines is 1. The minimum absolute atomic E-state index is 0.0625. The van der Waals surface area contributed by atoms with E-state index in [1.807, 2.05) is 39.0 Å². The predicted molar refractivity (Wildman–Crippen MR) is 115 cm³/mol. The average molecular weight is 400 g/mol. The Hall–Kier alpha value is -2.18. The van der Waals surface area contributed by atoms with E-state index in [9.17, 15) is 4.79 Å². The molecule has 0 saturated carbocycles. The standard InChI is InChI=1S/C21H25N3OS2/c1-14(15-8-6-5-7-9-15)23-20-24-17(13-26-20)18-11-10-16(27-18)12-22-19(25)21(2,3)4/h5-11,13-14H,12H2,1-4H3,(H,22,25)(H,23,24)/t14-/m1/s1. The number of nitrogens with zero attached hydrogens (tertiary/aromatic N) is 1. The van der Waals surface area contributed by atoms with E-state index in [0.717, 1.165) is 20.6 Å². The summed E-state index contributed by atoms with van der Waals surface area (Å²) >= 11 is 3.28. The molecule has 142 valence electrons. The van der Waals surface area contributed by atoms with Crippen molar-refractivity contribution >= 4 is 33.7 Å². The van der Waals surface area contributed by atoms with Gasteiger partial charge in [0.05, 0.1) is 23.2 Å². The third-order valence-electron chi connectivity index (χ3n) is 4.16. The monoisotopic (exact) mass is 399 g/mol. The van der Waals surface area contributed by atoms with Gasteiger partial charge in [-0.2, -0.15) is 0 Å². The molecule has 3 aromatic rings. The Balaban J connectivity index is 1.62. The summed E-state index contributed by atoms with van der Waals surface area (Å²) < 4.78 is 0. The molecule has 3 rings (SSSR count). The van der Waals surface area contributed by atoms with E-state index in [1.54, 1.807) is 22.7 Å². The van der Waals surface area contributed by atoms with E-state index in [1.165, 1.54) is 5.56 Å². The molecule has 1 aromatic carbocycles. The van der Waals surface area contributed by atoms with E-state index in [4.69, 9.17) is 4.98 Å². The van der Waals surface area contributed by atoms with Crippen LogP contribution in [0.1, 0.15) is 44.2 Å². The van der Waals surface area contributed by atoms with Crippen LogP contribution < -0.4 is 10.6 Å². The van der Waals surface area contributed by atoms with Gasteiger partial charge in [0.15, 0.2) is 5.13 Å². The normalized spacial score (nSPS) is 12.6. The smallest absolute Gasteiger partial charge is 0.225 e. The molecule has 0 aliphatic heterocycles. The maximum absolute atomic E-state index is 12.0. The van der Waals surface area contributed by atoms with Gasteiger partial charge in [-0.1, -0.05) is 51.1 Å². The van der Waals surface area contributed by atoms with Gasteiger partial charge in [-0.25, -0.2) is 4.98 Å². The predicted octanol–water partition coefficient (Wildman–Crippen LogP) is 5.71. The highest BCUT2D eigenvalue weighted by Crippen LogP contribution is 2.32. The maximum Gasteiger partial charge on any atom is 0.225 e. The number of rotatable bonds is 6. The van der Waals surface area contributed by atoms with Gasteiger partial charge in [-0.15, -0.1) is 22.7 Å². The Bertz CT molecular complexity index is 894. The lowest BCUT2D eigenvalue weighted by molar-refractivity contribution is -0.128. The van der Waals surface area contributed by atoms with Crippen LogP contribution in [-0.4, -0.2) is 10.9 Å². The second kappa shape index (κ2) is 8.23. The van der Waals surface area contributed by atoms with Crippen LogP contribution in [0.5, 0.6) is 0 Å². The quantitative estimate of drug-likeness (QED) is 0.558. The Kier molecular flexibility index (Phi) is 5.97. The number of aromatic nitrogens is 1. The molecule has 0 saturated heterocycles. The van der Waals surface area contributed by atoms with Gasteiger partial charge in [-0.05, 0) is 24.6 Å². The van der Waals surface area contributed by atoms with Crippen LogP contribution in [0.2, 0.25) is 0 Å². The van der Waals surface area contributed by atoms with Crippen molar-refractivity contribution in [1.82, 2.24) is 10.3 Å². The molecule has 0 bridgehead atoms. The summed E-state index contributed by atoms with van der Waals surface area (Å²) in [6.07, 6.45) is 0. The molecule has 1 atom stereocenters. The molecular formula is C21H25N3OS2. The Morgan fingerprint density at radius 1 is 1.15 bits per heavy atom. The molecular weight excluding hydrogens is 374 g/mol. The zero-order valence-electron chi connectivity index (χ0n) is 16.1. The number of hydrogen-bond acceptors (Lipinski definition) is 5. The molecule has 0 spiro atoms. The summed E-state index contributed by atoms with van der Waals surface area (Å²) in [6.45, 7) is 8.45. The van der Waals surface area contributed by atoms with Crippen molar-refractivity contribution in [3.63, 3.8) is 0 Å². The van der Waals surface area contributed by atoms with Gasteiger partial charge in [0, 0.05) is 15.7 Å². The van der Waals surface area contributed by atoms with Gasteiger partial charge in [0.1, 0.15) is 0 Å². The molecule has 6 heteroatoms. The van der Waals surface area contributed by atoms with E-state index in [0.29, 0.717) is 6.54 Å². The number of nitrogens with one attached hydrogen (secondary N) is 2. The Morgan fingerprint density at radius 3 is 2.59 bits per heavy atom. The van der Waals surface area contributed by atoms with Gasteiger partial charge in [0.2, 0.25) is 5.91 Å². The molecule has 0 radical (unpaired) electrons. The highest BCUT2D eigenvalue weighted by atomic mass is 32.1. The summed E-state index contributed by atoms with van der Waals surface area (Å²) in [5.74, 6) is 0.0625. The van der Waals surface area contributed by atoms with Crippen LogP contribution in [0.25, 0.3) is 10.6 Å².